The fourth-order valence-electron chi connectivity index (χ4n) is 2.12. The fraction of sp³-hybridized carbons (Fsp3) is 0.500. The number of amides is 1. The van der Waals surface area contributed by atoms with Gasteiger partial charge in [0.25, 0.3) is 5.91 Å². The van der Waals surface area contributed by atoms with E-state index >= 15 is 0 Å². The number of carbonyl (C=O) groups is 1. The maximum atomic E-state index is 12.0. The van der Waals surface area contributed by atoms with E-state index in [0.717, 1.165) is 25.9 Å². The third-order valence-corrected chi connectivity index (χ3v) is 3.82. The molecule has 0 spiro atoms. The van der Waals surface area contributed by atoms with Gasteiger partial charge in [0.2, 0.25) is 0 Å². The van der Waals surface area contributed by atoms with Gasteiger partial charge in [-0.25, -0.2) is 0 Å². The predicted molar refractivity (Wildman–Crippen MR) is 76.4 cm³/mol. The van der Waals surface area contributed by atoms with Crippen molar-refractivity contribution in [2.45, 2.75) is 19.3 Å². The van der Waals surface area contributed by atoms with Crippen LogP contribution in [0.5, 0.6) is 0 Å². The molecule has 1 fully saturated rings. The number of methoxy groups -OCH3 is 1. The van der Waals surface area contributed by atoms with Gasteiger partial charge in [0, 0.05) is 36.5 Å². The summed E-state index contributed by atoms with van der Waals surface area (Å²) < 4.78 is 5.09. The van der Waals surface area contributed by atoms with Gasteiger partial charge in [0.15, 0.2) is 0 Å². The molecular formula is C14H19ClN2O2. The van der Waals surface area contributed by atoms with E-state index in [4.69, 9.17) is 22.1 Å². The van der Waals surface area contributed by atoms with E-state index in [9.17, 15) is 4.79 Å². The Bertz CT molecular complexity index is 452. The van der Waals surface area contributed by atoms with Crippen molar-refractivity contribution in [3.63, 3.8) is 0 Å². The molecule has 1 aliphatic carbocycles. The van der Waals surface area contributed by atoms with Crippen molar-refractivity contribution in [2.24, 2.45) is 5.41 Å². The van der Waals surface area contributed by atoms with Crippen LogP contribution in [0.2, 0.25) is 5.02 Å². The Kier molecular flexibility index (Phi) is 4.32. The van der Waals surface area contributed by atoms with E-state index < -0.39 is 0 Å². The van der Waals surface area contributed by atoms with Crippen LogP contribution < -0.4 is 11.1 Å². The molecule has 0 saturated heterocycles. The van der Waals surface area contributed by atoms with Crippen LogP contribution in [0.4, 0.5) is 5.69 Å². The van der Waals surface area contributed by atoms with Crippen LogP contribution in [0, 0.1) is 5.41 Å². The van der Waals surface area contributed by atoms with E-state index in [-0.39, 0.29) is 11.3 Å². The number of ether oxygens (including phenoxy) is 1. The summed E-state index contributed by atoms with van der Waals surface area (Å²) in [6.45, 7) is 1.42. The van der Waals surface area contributed by atoms with Gasteiger partial charge < -0.3 is 15.8 Å². The number of nitrogens with one attached hydrogen (secondary N) is 1. The molecule has 3 N–H and O–H groups in total. The zero-order valence-electron chi connectivity index (χ0n) is 11.0. The number of anilines is 1. The van der Waals surface area contributed by atoms with Gasteiger partial charge in [-0.1, -0.05) is 11.6 Å². The molecule has 0 unspecified atom stereocenters. The number of hydrogen-bond donors (Lipinski definition) is 2. The molecule has 1 aromatic rings. The van der Waals surface area contributed by atoms with Gasteiger partial charge in [0.1, 0.15) is 0 Å². The van der Waals surface area contributed by atoms with Gasteiger partial charge in [-0.05, 0) is 42.9 Å². The quantitative estimate of drug-likeness (QED) is 0.788. The van der Waals surface area contributed by atoms with Crippen LogP contribution in [-0.2, 0) is 4.74 Å². The monoisotopic (exact) mass is 282 g/mol. The van der Waals surface area contributed by atoms with Crippen molar-refractivity contribution in [1.29, 1.82) is 0 Å². The lowest BCUT2D eigenvalue weighted by Crippen LogP contribution is -2.30. The summed E-state index contributed by atoms with van der Waals surface area (Å²) >= 11 is 5.89. The molecule has 1 aromatic carbocycles. The van der Waals surface area contributed by atoms with Gasteiger partial charge >= 0.3 is 0 Å². The first kappa shape index (κ1) is 14.2. The summed E-state index contributed by atoms with van der Waals surface area (Å²) in [5, 5.41) is 3.43. The number of rotatable bonds is 6. The van der Waals surface area contributed by atoms with Crippen molar-refractivity contribution in [1.82, 2.24) is 5.32 Å². The largest absolute Gasteiger partial charge is 0.399 e. The maximum absolute atomic E-state index is 12.0. The first-order chi connectivity index (χ1) is 9.04. The topological polar surface area (TPSA) is 64.3 Å². The van der Waals surface area contributed by atoms with E-state index in [2.05, 4.69) is 5.32 Å². The molecular weight excluding hydrogens is 264 g/mol. The van der Waals surface area contributed by atoms with Crippen LogP contribution >= 0.6 is 11.6 Å². The highest BCUT2D eigenvalue weighted by Crippen LogP contribution is 2.48. The molecule has 104 valence electrons. The predicted octanol–water partition coefficient (Wildman–Crippen LogP) is 2.47. The summed E-state index contributed by atoms with van der Waals surface area (Å²) in [4.78, 5) is 12.0. The van der Waals surface area contributed by atoms with Crippen molar-refractivity contribution in [3.05, 3.63) is 28.8 Å². The first-order valence-corrected chi connectivity index (χ1v) is 6.76. The Morgan fingerprint density at radius 1 is 1.47 bits per heavy atom. The van der Waals surface area contributed by atoms with Crippen LogP contribution in [0.15, 0.2) is 18.2 Å². The summed E-state index contributed by atoms with van der Waals surface area (Å²) in [5.41, 5.74) is 6.91. The van der Waals surface area contributed by atoms with Gasteiger partial charge in [0.05, 0.1) is 0 Å². The molecule has 5 heteroatoms. The molecule has 0 aliphatic heterocycles. The van der Waals surface area contributed by atoms with Crippen molar-refractivity contribution >= 4 is 23.2 Å². The second-order valence-electron chi connectivity index (χ2n) is 5.20. The van der Waals surface area contributed by atoms with Crippen molar-refractivity contribution in [3.8, 4) is 0 Å². The molecule has 0 bridgehead atoms. The Hall–Kier alpha value is -1.26. The molecule has 4 nitrogen and oxygen atoms in total. The fourth-order valence-corrected chi connectivity index (χ4v) is 2.37. The second kappa shape index (κ2) is 5.80. The molecule has 0 radical (unpaired) electrons. The number of carbonyl (C=O) groups excluding carboxylic acids is 1. The molecule has 19 heavy (non-hydrogen) atoms. The number of nitrogen functional groups attached to an aromatic ring is 1. The van der Waals surface area contributed by atoms with Crippen molar-refractivity contribution in [2.75, 3.05) is 26.0 Å². The minimum Gasteiger partial charge on any atom is -0.399 e. The second-order valence-corrected chi connectivity index (χ2v) is 5.64. The van der Waals surface area contributed by atoms with Crippen molar-refractivity contribution < 1.29 is 9.53 Å². The average molecular weight is 283 g/mol. The highest BCUT2D eigenvalue weighted by molar-refractivity contribution is 6.31. The highest BCUT2D eigenvalue weighted by Gasteiger charge is 2.42. The van der Waals surface area contributed by atoms with E-state index in [1.54, 1.807) is 25.3 Å². The zero-order chi connectivity index (χ0) is 13.9. The van der Waals surface area contributed by atoms with Crippen LogP contribution in [0.1, 0.15) is 29.6 Å². The Labute approximate surface area is 118 Å². The zero-order valence-corrected chi connectivity index (χ0v) is 11.8. The number of benzene rings is 1. The average Bonchev–Trinajstić information content (AvgIpc) is 3.13. The highest BCUT2D eigenvalue weighted by atomic mass is 35.5. The van der Waals surface area contributed by atoms with Gasteiger partial charge in [-0.2, -0.15) is 0 Å². The lowest BCUT2D eigenvalue weighted by atomic mass is 10.0. The maximum Gasteiger partial charge on any atom is 0.251 e. The Morgan fingerprint density at radius 2 is 2.21 bits per heavy atom. The molecule has 0 heterocycles. The minimum atomic E-state index is -0.127. The number of halogens is 1. The summed E-state index contributed by atoms with van der Waals surface area (Å²) in [5.74, 6) is -0.127. The molecule has 0 atom stereocenters. The Morgan fingerprint density at radius 3 is 2.79 bits per heavy atom. The summed E-state index contributed by atoms with van der Waals surface area (Å²) in [6.07, 6.45) is 3.28. The third-order valence-electron chi connectivity index (χ3n) is 3.60. The Balaban J connectivity index is 1.91. The lowest BCUT2D eigenvalue weighted by molar-refractivity contribution is 0.0938. The van der Waals surface area contributed by atoms with Gasteiger partial charge in [-0.3, -0.25) is 4.79 Å². The molecule has 1 amide bonds. The van der Waals surface area contributed by atoms with Crippen LogP contribution in [0.25, 0.3) is 0 Å². The summed E-state index contributed by atoms with van der Waals surface area (Å²) in [7, 11) is 1.70. The van der Waals surface area contributed by atoms with E-state index in [1.807, 2.05) is 0 Å². The van der Waals surface area contributed by atoms with Crippen LogP contribution in [0.3, 0.4) is 0 Å². The molecule has 0 aromatic heterocycles. The number of nitrogens with two attached hydrogens (primary N) is 1. The minimum absolute atomic E-state index is 0.127. The SMILES string of the molecule is COCCC1(CNC(=O)c2cc(N)cc(Cl)c2)CC1. The van der Waals surface area contributed by atoms with Crippen LogP contribution in [-0.4, -0.2) is 26.2 Å². The normalized spacial score (nSPS) is 16.1. The third kappa shape index (κ3) is 3.85. The van der Waals surface area contributed by atoms with E-state index in [1.165, 1.54) is 0 Å². The summed E-state index contributed by atoms with van der Waals surface area (Å²) in [6, 6.07) is 4.89. The van der Waals surface area contributed by atoms with E-state index in [0.29, 0.717) is 22.8 Å². The molecule has 1 aliphatic rings. The smallest absolute Gasteiger partial charge is 0.251 e. The number of hydrogen-bond acceptors (Lipinski definition) is 3. The van der Waals surface area contributed by atoms with Gasteiger partial charge in [-0.15, -0.1) is 0 Å². The standard InChI is InChI=1S/C14H19ClN2O2/c1-19-5-4-14(2-3-14)9-17-13(18)10-6-11(15)8-12(16)7-10/h6-8H,2-5,9,16H2,1H3,(H,17,18). The lowest BCUT2D eigenvalue weighted by Gasteiger charge is -2.15. The first-order valence-electron chi connectivity index (χ1n) is 6.38. The molecule has 1 saturated carbocycles. The molecule has 2 rings (SSSR count).